The third-order valence-electron chi connectivity index (χ3n) is 5.05. The summed E-state index contributed by atoms with van der Waals surface area (Å²) < 4.78 is 0. The molecule has 0 unspecified atom stereocenters. The number of nitrogens with zero attached hydrogens (tertiary/aromatic N) is 1. The topological polar surface area (TPSA) is 68.0 Å². The second kappa shape index (κ2) is 5.09. The number of rotatable bonds is 5. The molecule has 21 heavy (non-hydrogen) atoms. The summed E-state index contributed by atoms with van der Waals surface area (Å²) in [6.45, 7) is 7.44. The van der Waals surface area contributed by atoms with Crippen molar-refractivity contribution < 1.29 is 4.79 Å². The molecule has 2 aliphatic rings. The van der Waals surface area contributed by atoms with Crippen LogP contribution in [0.15, 0.2) is 6.07 Å². The van der Waals surface area contributed by atoms with Gasteiger partial charge in [0.1, 0.15) is 5.69 Å². The first kappa shape index (κ1) is 14.5. The monoisotopic (exact) mass is 287 g/mol. The molecule has 4 nitrogen and oxygen atoms in total. The molecule has 2 aliphatic carbocycles. The Balaban J connectivity index is 1.89. The van der Waals surface area contributed by atoms with Gasteiger partial charge >= 0.3 is 0 Å². The fourth-order valence-electron chi connectivity index (χ4n) is 3.34. The first-order valence-electron chi connectivity index (χ1n) is 7.95. The van der Waals surface area contributed by atoms with Crippen molar-refractivity contribution in [3.8, 4) is 0 Å². The van der Waals surface area contributed by atoms with Gasteiger partial charge in [0.25, 0.3) is 5.91 Å². The molecule has 1 aromatic rings. The van der Waals surface area contributed by atoms with Gasteiger partial charge in [0.2, 0.25) is 0 Å². The van der Waals surface area contributed by atoms with Crippen molar-refractivity contribution in [2.24, 2.45) is 11.7 Å². The fourth-order valence-corrected chi connectivity index (χ4v) is 3.34. The van der Waals surface area contributed by atoms with Crippen LogP contribution in [0.4, 0.5) is 0 Å². The highest BCUT2D eigenvalue weighted by Gasteiger charge is 2.34. The van der Waals surface area contributed by atoms with E-state index in [4.69, 9.17) is 5.73 Å². The maximum absolute atomic E-state index is 11.6. The Kier molecular flexibility index (Phi) is 3.52. The van der Waals surface area contributed by atoms with Gasteiger partial charge in [-0.1, -0.05) is 13.8 Å². The third kappa shape index (κ3) is 2.82. The molecule has 1 fully saturated rings. The lowest BCUT2D eigenvalue weighted by atomic mass is 9.90. The van der Waals surface area contributed by atoms with E-state index in [9.17, 15) is 4.79 Å². The van der Waals surface area contributed by atoms with Crippen LogP contribution in [0.2, 0.25) is 0 Å². The van der Waals surface area contributed by atoms with Crippen molar-refractivity contribution in [1.82, 2.24) is 10.3 Å². The SMILES string of the molecule is C[C@H](NCc1cc(C(N)=O)nc2c1CCC2(C)C)C1CC1. The normalized spacial score (nSPS) is 21.1. The second-order valence-electron chi connectivity index (χ2n) is 7.25. The number of fused-ring (bicyclic) bond motifs is 1. The van der Waals surface area contributed by atoms with Crippen LogP contribution in [0.5, 0.6) is 0 Å². The fraction of sp³-hybridized carbons (Fsp3) is 0.647. The lowest BCUT2D eigenvalue weighted by molar-refractivity contribution is 0.0995. The van der Waals surface area contributed by atoms with Crippen LogP contribution in [-0.4, -0.2) is 16.9 Å². The summed E-state index contributed by atoms with van der Waals surface area (Å²) >= 11 is 0. The summed E-state index contributed by atoms with van der Waals surface area (Å²) in [6.07, 6.45) is 4.80. The zero-order valence-corrected chi connectivity index (χ0v) is 13.2. The lowest BCUT2D eigenvalue weighted by Crippen LogP contribution is -2.28. The molecule has 1 amide bonds. The zero-order chi connectivity index (χ0) is 15.2. The summed E-state index contributed by atoms with van der Waals surface area (Å²) in [6, 6.07) is 2.43. The number of carbonyl (C=O) groups is 1. The van der Waals surface area contributed by atoms with Gasteiger partial charge in [-0.25, -0.2) is 4.98 Å². The number of aromatic nitrogens is 1. The van der Waals surface area contributed by atoms with Crippen LogP contribution < -0.4 is 11.1 Å². The Hall–Kier alpha value is -1.42. The molecule has 1 atom stereocenters. The van der Waals surface area contributed by atoms with E-state index in [2.05, 4.69) is 31.1 Å². The Morgan fingerprint density at radius 3 is 2.86 bits per heavy atom. The number of nitrogens with two attached hydrogens (primary N) is 1. The molecule has 0 bridgehead atoms. The number of pyridine rings is 1. The lowest BCUT2D eigenvalue weighted by Gasteiger charge is -2.20. The van der Waals surface area contributed by atoms with E-state index < -0.39 is 5.91 Å². The van der Waals surface area contributed by atoms with Gasteiger partial charge in [-0.15, -0.1) is 0 Å². The van der Waals surface area contributed by atoms with Crippen molar-refractivity contribution in [3.05, 3.63) is 28.6 Å². The molecular formula is C17H25N3O. The van der Waals surface area contributed by atoms with Crippen LogP contribution in [0.3, 0.4) is 0 Å². The number of carbonyl (C=O) groups excluding carboxylic acids is 1. The first-order chi connectivity index (χ1) is 9.88. The van der Waals surface area contributed by atoms with E-state index >= 15 is 0 Å². The van der Waals surface area contributed by atoms with E-state index in [1.54, 1.807) is 0 Å². The van der Waals surface area contributed by atoms with Gasteiger partial charge in [-0.3, -0.25) is 4.79 Å². The van der Waals surface area contributed by atoms with Gasteiger partial charge in [0.05, 0.1) is 5.69 Å². The molecule has 0 spiro atoms. The highest BCUT2D eigenvalue weighted by atomic mass is 16.1. The van der Waals surface area contributed by atoms with Crippen LogP contribution in [0.25, 0.3) is 0 Å². The molecule has 3 rings (SSSR count). The summed E-state index contributed by atoms with van der Waals surface area (Å²) in [5.41, 5.74) is 9.48. The number of hydrogen-bond donors (Lipinski definition) is 2. The first-order valence-corrected chi connectivity index (χ1v) is 7.95. The molecule has 3 N–H and O–H groups in total. The molecule has 1 saturated carbocycles. The largest absolute Gasteiger partial charge is 0.364 e. The van der Waals surface area contributed by atoms with Crippen molar-refractivity contribution in [2.75, 3.05) is 0 Å². The summed E-state index contributed by atoms with van der Waals surface area (Å²) in [5, 5.41) is 3.60. The molecule has 0 aliphatic heterocycles. The van der Waals surface area contributed by atoms with E-state index in [0.717, 1.165) is 31.0 Å². The number of hydrogen-bond acceptors (Lipinski definition) is 3. The molecule has 114 valence electrons. The van der Waals surface area contributed by atoms with E-state index in [1.807, 2.05) is 6.07 Å². The molecular weight excluding hydrogens is 262 g/mol. The van der Waals surface area contributed by atoms with Crippen molar-refractivity contribution in [1.29, 1.82) is 0 Å². The summed E-state index contributed by atoms with van der Waals surface area (Å²) in [5.74, 6) is 0.393. The molecule has 0 radical (unpaired) electrons. The molecule has 4 heteroatoms. The predicted octanol–water partition coefficient (Wildman–Crippen LogP) is 2.29. The molecule has 1 aromatic heterocycles. The third-order valence-corrected chi connectivity index (χ3v) is 5.05. The summed E-state index contributed by atoms with van der Waals surface area (Å²) in [4.78, 5) is 16.1. The Morgan fingerprint density at radius 2 is 2.24 bits per heavy atom. The molecule has 0 saturated heterocycles. The summed E-state index contributed by atoms with van der Waals surface area (Å²) in [7, 11) is 0. The van der Waals surface area contributed by atoms with Crippen LogP contribution >= 0.6 is 0 Å². The van der Waals surface area contributed by atoms with Gasteiger partial charge in [-0.2, -0.15) is 0 Å². The minimum Gasteiger partial charge on any atom is -0.364 e. The Bertz CT molecular complexity index is 576. The van der Waals surface area contributed by atoms with E-state index in [0.29, 0.717) is 11.7 Å². The highest BCUT2D eigenvalue weighted by Crippen LogP contribution is 2.39. The maximum atomic E-state index is 11.6. The second-order valence-corrected chi connectivity index (χ2v) is 7.25. The van der Waals surface area contributed by atoms with Gasteiger partial charge < -0.3 is 11.1 Å². The van der Waals surface area contributed by atoms with E-state index in [1.165, 1.54) is 24.0 Å². The van der Waals surface area contributed by atoms with Crippen LogP contribution in [0, 0.1) is 5.92 Å². The minimum atomic E-state index is -0.433. The van der Waals surface area contributed by atoms with Crippen molar-refractivity contribution >= 4 is 5.91 Å². The quantitative estimate of drug-likeness (QED) is 0.873. The number of nitrogens with one attached hydrogen (secondary N) is 1. The maximum Gasteiger partial charge on any atom is 0.267 e. The van der Waals surface area contributed by atoms with Crippen LogP contribution in [-0.2, 0) is 18.4 Å². The predicted molar refractivity (Wildman–Crippen MR) is 83.1 cm³/mol. The van der Waals surface area contributed by atoms with Gasteiger partial charge in [0, 0.05) is 18.0 Å². The molecule has 0 aromatic carbocycles. The average Bonchev–Trinajstić information content (AvgIpc) is 3.22. The van der Waals surface area contributed by atoms with Crippen molar-refractivity contribution in [3.63, 3.8) is 0 Å². The number of amides is 1. The van der Waals surface area contributed by atoms with Gasteiger partial charge in [-0.05, 0) is 55.7 Å². The Morgan fingerprint density at radius 1 is 1.52 bits per heavy atom. The highest BCUT2D eigenvalue weighted by molar-refractivity contribution is 5.91. The average molecular weight is 287 g/mol. The molecule has 1 heterocycles. The van der Waals surface area contributed by atoms with Crippen LogP contribution in [0.1, 0.15) is 67.3 Å². The Labute approximate surface area is 126 Å². The number of primary amides is 1. The van der Waals surface area contributed by atoms with Crippen molar-refractivity contribution in [2.45, 2.75) is 64.5 Å². The van der Waals surface area contributed by atoms with E-state index in [-0.39, 0.29) is 5.41 Å². The smallest absolute Gasteiger partial charge is 0.267 e. The van der Waals surface area contributed by atoms with Gasteiger partial charge in [0.15, 0.2) is 0 Å². The standard InChI is InChI=1S/C17H25N3O/c1-10(11-4-5-11)19-9-12-8-14(16(18)21)20-15-13(12)6-7-17(15,2)3/h8,10-11,19H,4-7,9H2,1-3H3,(H2,18,21)/t10-/m0/s1. The minimum absolute atomic E-state index is 0.0393. The zero-order valence-electron chi connectivity index (χ0n) is 13.2.